The third-order valence-corrected chi connectivity index (χ3v) is 3.46. The molecule has 0 unspecified atom stereocenters. The highest BCUT2D eigenvalue weighted by atomic mass is 19.1. The average Bonchev–Trinajstić information content (AvgIpc) is 2.60. The van der Waals surface area contributed by atoms with E-state index in [1.54, 1.807) is 6.07 Å². The minimum atomic E-state index is -0.725. The van der Waals surface area contributed by atoms with Crippen LogP contribution in [0.4, 0.5) is 10.1 Å². The molecule has 0 spiro atoms. The van der Waals surface area contributed by atoms with Gasteiger partial charge in [0.15, 0.2) is 0 Å². The number of carbonyl (C=O) groups is 1. The Bertz CT molecular complexity index is 426. The van der Waals surface area contributed by atoms with Crippen molar-refractivity contribution in [1.82, 2.24) is 0 Å². The zero-order valence-corrected chi connectivity index (χ0v) is 10.4. The van der Waals surface area contributed by atoms with Gasteiger partial charge in [-0.15, -0.1) is 0 Å². The van der Waals surface area contributed by atoms with Gasteiger partial charge in [0.25, 0.3) is 5.91 Å². The number of benzene rings is 1. The van der Waals surface area contributed by atoms with E-state index in [1.165, 1.54) is 37.8 Å². The van der Waals surface area contributed by atoms with Crippen LogP contribution < -0.4 is 11.1 Å². The van der Waals surface area contributed by atoms with Crippen molar-refractivity contribution >= 4 is 11.6 Å². The van der Waals surface area contributed by atoms with E-state index >= 15 is 0 Å². The van der Waals surface area contributed by atoms with Crippen LogP contribution in [-0.4, -0.2) is 11.9 Å². The van der Waals surface area contributed by atoms with Crippen molar-refractivity contribution in [2.45, 2.75) is 44.6 Å². The van der Waals surface area contributed by atoms with E-state index < -0.39 is 11.7 Å². The summed E-state index contributed by atoms with van der Waals surface area (Å²) >= 11 is 0. The van der Waals surface area contributed by atoms with Gasteiger partial charge in [-0.05, 0) is 31.0 Å². The topological polar surface area (TPSA) is 55.1 Å². The Labute approximate surface area is 107 Å². The number of nitrogens with two attached hydrogens (primary N) is 1. The number of carbonyl (C=O) groups excluding carboxylic acids is 1. The summed E-state index contributed by atoms with van der Waals surface area (Å²) in [5.41, 5.74) is 5.86. The van der Waals surface area contributed by atoms with Crippen LogP contribution >= 0.6 is 0 Å². The number of halogens is 1. The molecule has 1 aliphatic carbocycles. The summed E-state index contributed by atoms with van der Waals surface area (Å²) < 4.78 is 13.3. The fraction of sp³-hybridized carbons (Fsp3) is 0.500. The van der Waals surface area contributed by atoms with E-state index in [9.17, 15) is 9.18 Å². The zero-order valence-electron chi connectivity index (χ0n) is 10.4. The lowest BCUT2D eigenvalue weighted by Crippen LogP contribution is -2.19. The lowest BCUT2D eigenvalue weighted by Gasteiger charge is -2.18. The normalized spacial score (nSPS) is 17.2. The van der Waals surface area contributed by atoms with Crippen molar-refractivity contribution in [2.24, 2.45) is 5.73 Å². The van der Waals surface area contributed by atoms with E-state index in [4.69, 9.17) is 5.73 Å². The SMILES string of the molecule is NC(=O)c1cc(NC2CCCCCC2)ccc1F. The number of hydrogen-bond donors (Lipinski definition) is 2. The van der Waals surface area contributed by atoms with E-state index in [0.717, 1.165) is 18.5 Å². The maximum atomic E-state index is 13.3. The highest BCUT2D eigenvalue weighted by Gasteiger charge is 2.14. The molecule has 0 radical (unpaired) electrons. The van der Waals surface area contributed by atoms with Crippen LogP contribution in [0, 0.1) is 5.82 Å². The average molecular weight is 250 g/mol. The first-order valence-electron chi connectivity index (χ1n) is 6.52. The first kappa shape index (κ1) is 12.9. The molecule has 1 saturated carbocycles. The first-order valence-corrected chi connectivity index (χ1v) is 6.52. The van der Waals surface area contributed by atoms with Crippen molar-refractivity contribution in [3.63, 3.8) is 0 Å². The maximum Gasteiger partial charge on any atom is 0.251 e. The van der Waals surface area contributed by atoms with Gasteiger partial charge in [0.05, 0.1) is 5.56 Å². The van der Waals surface area contributed by atoms with Crippen molar-refractivity contribution in [3.8, 4) is 0 Å². The molecular formula is C14H19FN2O. The molecule has 0 aromatic heterocycles. The number of hydrogen-bond acceptors (Lipinski definition) is 2. The quantitative estimate of drug-likeness (QED) is 0.810. The molecule has 3 nitrogen and oxygen atoms in total. The van der Waals surface area contributed by atoms with E-state index in [-0.39, 0.29) is 5.56 Å². The summed E-state index contributed by atoms with van der Waals surface area (Å²) in [5, 5.41) is 3.37. The van der Waals surface area contributed by atoms with E-state index in [2.05, 4.69) is 5.32 Å². The second kappa shape index (κ2) is 5.85. The lowest BCUT2D eigenvalue weighted by atomic mass is 10.1. The number of primary amides is 1. The monoisotopic (exact) mass is 250 g/mol. The van der Waals surface area contributed by atoms with Crippen LogP contribution in [-0.2, 0) is 0 Å². The third kappa shape index (κ3) is 3.22. The molecule has 1 amide bonds. The van der Waals surface area contributed by atoms with Gasteiger partial charge in [0.1, 0.15) is 5.82 Å². The third-order valence-electron chi connectivity index (χ3n) is 3.46. The molecule has 1 aromatic rings. The highest BCUT2D eigenvalue weighted by Crippen LogP contribution is 2.22. The molecule has 0 saturated heterocycles. The van der Waals surface area contributed by atoms with Gasteiger partial charge in [-0.25, -0.2) is 4.39 Å². The van der Waals surface area contributed by atoms with Crippen LogP contribution in [0.25, 0.3) is 0 Å². The molecule has 4 heteroatoms. The Morgan fingerprint density at radius 1 is 1.22 bits per heavy atom. The highest BCUT2D eigenvalue weighted by molar-refractivity contribution is 5.94. The molecule has 2 rings (SSSR count). The Kier molecular flexibility index (Phi) is 4.18. The number of amides is 1. The molecule has 0 bridgehead atoms. The number of nitrogens with one attached hydrogen (secondary N) is 1. The standard InChI is InChI=1S/C14H19FN2O/c15-13-8-7-11(9-12(13)14(16)18)17-10-5-3-1-2-4-6-10/h7-10,17H,1-6H2,(H2,16,18). The minimum Gasteiger partial charge on any atom is -0.382 e. The summed E-state index contributed by atoms with van der Waals surface area (Å²) in [6.45, 7) is 0. The molecule has 3 N–H and O–H groups in total. The Morgan fingerprint density at radius 2 is 1.89 bits per heavy atom. The fourth-order valence-corrected chi connectivity index (χ4v) is 2.46. The van der Waals surface area contributed by atoms with E-state index in [0.29, 0.717) is 6.04 Å². The second-order valence-electron chi connectivity index (χ2n) is 4.89. The van der Waals surface area contributed by atoms with Gasteiger partial charge < -0.3 is 11.1 Å². The van der Waals surface area contributed by atoms with Gasteiger partial charge in [0, 0.05) is 11.7 Å². The summed E-state index contributed by atoms with van der Waals surface area (Å²) in [6.07, 6.45) is 7.28. The van der Waals surface area contributed by atoms with Gasteiger partial charge in [-0.2, -0.15) is 0 Å². The summed E-state index contributed by atoms with van der Waals surface area (Å²) in [6, 6.07) is 4.87. The second-order valence-corrected chi connectivity index (χ2v) is 4.89. The van der Waals surface area contributed by atoms with E-state index in [1.807, 2.05) is 0 Å². The Morgan fingerprint density at radius 3 is 2.50 bits per heavy atom. The van der Waals surface area contributed by atoms with Gasteiger partial charge in [-0.3, -0.25) is 4.79 Å². The molecule has 0 atom stereocenters. The fourth-order valence-electron chi connectivity index (χ4n) is 2.46. The predicted octanol–water partition coefficient (Wildman–Crippen LogP) is 3.06. The summed E-state index contributed by atoms with van der Waals surface area (Å²) in [4.78, 5) is 11.1. The van der Waals surface area contributed by atoms with Crippen LogP contribution in [0.1, 0.15) is 48.9 Å². The molecule has 0 aliphatic heterocycles. The minimum absolute atomic E-state index is 0.0476. The smallest absolute Gasteiger partial charge is 0.251 e. The predicted molar refractivity (Wildman–Crippen MR) is 70.0 cm³/mol. The zero-order chi connectivity index (χ0) is 13.0. The van der Waals surface area contributed by atoms with Gasteiger partial charge in [-0.1, -0.05) is 25.7 Å². The summed E-state index contributed by atoms with van der Waals surface area (Å²) in [7, 11) is 0. The number of anilines is 1. The van der Waals surface area contributed by atoms with Gasteiger partial charge >= 0.3 is 0 Å². The molecular weight excluding hydrogens is 231 g/mol. The number of rotatable bonds is 3. The lowest BCUT2D eigenvalue weighted by molar-refractivity contribution is 0.0996. The molecule has 98 valence electrons. The first-order chi connectivity index (χ1) is 8.66. The molecule has 18 heavy (non-hydrogen) atoms. The largest absolute Gasteiger partial charge is 0.382 e. The molecule has 1 aliphatic rings. The van der Waals surface area contributed by atoms with Gasteiger partial charge in [0.2, 0.25) is 0 Å². The van der Waals surface area contributed by atoms with Crippen molar-refractivity contribution in [1.29, 1.82) is 0 Å². The van der Waals surface area contributed by atoms with Crippen molar-refractivity contribution in [2.75, 3.05) is 5.32 Å². The summed E-state index contributed by atoms with van der Waals surface area (Å²) in [5.74, 6) is -1.29. The van der Waals surface area contributed by atoms with Crippen LogP contribution in [0.3, 0.4) is 0 Å². The Balaban J connectivity index is 2.08. The molecule has 1 fully saturated rings. The van der Waals surface area contributed by atoms with Crippen LogP contribution in [0.2, 0.25) is 0 Å². The van der Waals surface area contributed by atoms with Crippen LogP contribution in [0.5, 0.6) is 0 Å². The molecule has 1 aromatic carbocycles. The maximum absolute atomic E-state index is 13.3. The Hall–Kier alpha value is -1.58. The molecule has 0 heterocycles. The van der Waals surface area contributed by atoms with Crippen molar-refractivity contribution < 1.29 is 9.18 Å². The van der Waals surface area contributed by atoms with Crippen LogP contribution in [0.15, 0.2) is 18.2 Å². The van der Waals surface area contributed by atoms with Crippen molar-refractivity contribution in [3.05, 3.63) is 29.6 Å².